The molecule has 300 valence electrons. The van der Waals surface area contributed by atoms with Crippen molar-refractivity contribution in [3.05, 3.63) is 108 Å². The molecular formula is C39H51FN10O5S. The molecule has 0 radical (unpaired) electrons. The van der Waals surface area contributed by atoms with Crippen molar-refractivity contribution in [2.75, 3.05) is 6.54 Å². The predicted octanol–water partition coefficient (Wildman–Crippen LogP) is 1.58. The summed E-state index contributed by atoms with van der Waals surface area (Å²) >= 11 is 0.897. The summed E-state index contributed by atoms with van der Waals surface area (Å²) < 4.78 is 18.3. The van der Waals surface area contributed by atoms with E-state index in [2.05, 4.69) is 31.1 Å². The summed E-state index contributed by atoms with van der Waals surface area (Å²) in [5.41, 5.74) is 22.9. The number of para-hydroxylation sites is 1. The summed E-state index contributed by atoms with van der Waals surface area (Å²) in [4.78, 5) is 69.0. The maximum Gasteiger partial charge on any atom is 0.257 e. The zero-order valence-electron chi connectivity index (χ0n) is 31.4. The first-order valence-electron chi connectivity index (χ1n) is 18.3. The van der Waals surface area contributed by atoms with Crippen LogP contribution in [-0.2, 0) is 43.4 Å². The molecule has 4 rings (SSSR count). The molecule has 3 aromatic carbocycles. The quantitative estimate of drug-likeness (QED) is 0.0316. The van der Waals surface area contributed by atoms with Gasteiger partial charge in [0.15, 0.2) is 0 Å². The average Bonchev–Trinajstić information content (AvgIpc) is 3.59. The Balaban J connectivity index is 1.50. The highest BCUT2D eigenvalue weighted by Crippen LogP contribution is 2.20. The van der Waals surface area contributed by atoms with Crippen LogP contribution in [0.4, 0.5) is 4.39 Å². The van der Waals surface area contributed by atoms with Gasteiger partial charge in [-0.25, -0.2) is 9.11 Å². The maximum atomic E-state index is 13.8. The number of amides is 5. The van der Waals surface area contributed by atoms with E-state index in [1.54, 1.807) is 18.3 Å². The molecule has 0 aliphatic rings. The third-order valence-electron chi connectivity index (χ3n) is 8.88. The third kappa shape index (κ3) is 13.5. The standard InChI is InChI=1S/C39H51FN10O5S/c1-24(42)36(52)47-33(21-28-22-44-31-13-7-6-12-30(28)31)38(54)45-25(2)37(53)48-50(23-27-15-17-29(40)18-16-27)56-49-34(20-26-10-4-3-5-11-26)39(55)46-32(35(43)51)14-8-9-19-41/h3-7,10-13,15-18,22,24-25,32-34,44,49H,8-9,14,19-21,23,41-42H2,1-2H3,(H2,43,51)(H,45,54)(H,46,55)(H,47,52)(H,48,53)/t24-,25-,32-,33+,34+/m0/s1. The van der Waals surface area contributed by atoms with Gasteiger partial charge in [0, 0.05) is 35.7 Å². The van der Waals surface area contributed by atoms with Crippen molar-refractivity contribution in [2.45, 2.75) is 82.7 Å². The summed E-state index contributed by atoms with van der Waals surface area (Å²) in [5.74, 6) is -3.40. The number of nitrogens with two attached hydrogens (primary N) is 3. The zero-order valence-corrected chi connectivity index (χ0v) is 32.2. The molecule has 1 heterocycles. The van der Waals surface area contributed by atoms with Crippen molar-refractivity contribution in [3.8, 4) is 0 Å². The minimum Gasteiger partial charge on any atom is -0.368 e. The van der Waals surface area contributed by atoms with Crippen LogP contribution in [0.3, 0.4) is 0 Å². The monoisotopic (exact) mass is 790 g/mol. The lowest BCUT2D eigenvalue weighted by Gasteiger charge is -2.28. The number of halogens is 1. The molecule has 12 N–H and O–H groups in total. The molecule has 0 unspecified atom stereocenters. The Bertz CT molecular complexity index is 1910. The second-order valence-corrected chi connectivity index (χ2v) is 14.3. The van der Waals surface area contributed by atoms with Gasteiger partial charge in [0.1, 0.15) is 30.0 Å². The number of hydrazine groups is 1. The fraction of sp³-hybridized carbons (Fsp3) is 0.359. The van der Waals surface area contributed by atoms with E-state index in [-0.39, 0.29) is 19.4 Å². The minimum atomic E-state index is -1.11. The van der Waals surface area contributed by atoms with E-state index < -0.39 is 65.6 Å². The number of rotatable bonds is 22. The number of carbonyl (C=O) groups excluding carboxylic acids is 5. The van der Waals surface area contributed by atoms with Crippen LogP contribution in [0.2, 0.25) is 0 Å². The smallest absolute Gasteiger partial charge is 0.257 e. The molecular weight excluding hydrogens is 740 g/mol. The highest BCUT2D eigenvalue weighted by Gasteiger charge is 2.29. The summed E-state index contributed by atoms with van der Waals surface area (Å²) in [6.07, 6.45) is 3.65. The fourth-order valence-corrected chi connectivity index (χ4v) is 6.49. The van der Waals surface area contributed by atoms with Crippen LogP contribution in [0.25, 0.3) is 10.9 Å². The first-order chi connectivity index (χ1) is 26.8. The lowest BCUT2D eigenvalue weighted by Crippen LogP contribution is -2.56. The van der Waals surface area contributed by atoms with Crippen molar-refractivity contribution >= 4 is 52.6 Å². The van der Waals surface area contributed by atoms with Crippen molar-refractivity contribution in [1.29, 1.82) is 0 Å². The molecule has 1 aromatic heterocycles. The molecule has 0 bridgehead atoms. The van der Waals surface area contributed by atoms with Gasteiger partial charge in [-0.3, -0.25) is 29.4 Å². The number of carbonyl (C=O) groups is 5. The number of nitrogens with one attached hydrogen (secondary N) is 6. The van der Waals surface area contributed by atoms with Crippen molar-refractivity contribution < 1.29 is 28.4 Å². The number of nitrogens with zero attached hydrogens (tertiary/aromatic N) is 1. The van der Waals surface area contributed by atoms with Crippen LogP contribution in [0, 0.1) is 5.82 Å². The topological polar surface area (TPSA) is 243 Å². The van der Waals surface area contributed by atoms with Crippen molar-refractivity contribution in [2.24, 2.45) is 17.2 Å². The second kappa shape index (κ2) is 21.7. The first-order valence-corrected chi connectivity index (χ1v) is 19.1. The van der Waals surface area contributed by atoms with E-state index in [1.807, 2.05) is 54.6 Å². The molecule has 0 aliphatic heterocycles. The number of unbranched alkanes of at least 4 members (excludes halogenated alkanes) is 1. The first kappa shape index (κ1) is 43.4. The van der Waals surface area contributed by atoms with Crippen LogP contribution >= 0.6 is 12.1 Å². The summed E-state index contributed by atoms with van der Waals surface area (Å²) in [7, 11) is 0. The predicted molar refractivity (Wildman–Crippen MR) is 214 cm³/mol. The molecule has 5 amide bonds. The summed E-state index contributed by atoms with van der Waals surface area (Å²) in [6.45, 7) is 3.46. The average molecular weight is 791 g/mol. The molecule has 0 saturated heterocycles. The Kier molecular flexibility index (Phi) is 16.8. The number of fused-ring (bicyclic) bond motifs is 1. The van der Waals surface area contributed by atoms with Gasteiger partial charge in [-0.2, -0.15) is 0 Å². The van der Waals surface area contributed by atoms with Gasteiger partial charge in [-0.1, -0.05) is 60.7 Å². The van der Waals surface area contributed by atoms with Gasteiger partial charge < -0.3 is 38.1 Å². The summed E-state index contributed by atoms with van der Waals surface area (Å²) in [6, 6.07) is 17.5. The van der Waals surface area contributed by atoms with Crippen LogP contribution in [0.15, 0.2) is 85.1 Å². The van der Waals surface area contributed by atoms with E-state index in [0.29, 0.717) is 31.4 Å². The van der Waals surface area contributed by atoms with Gasteiger partial charge in [-0.05, 0) is 81.0 Å². The lowest BCUT2D eigenvalue weighted by atomic mass is 10.0. The molecule has 17 heteroatoms. The van der Waals surface area contributed by atoms with Crippen LogP contribution in [-0.4, -0.2) is 75.7 Å². The number of aromatic amines is 1. The van der Waals surface area contributed by atoms with Gasteiger partial charge in [0.05, 0.1) is 12.6 Å². The van der Waals surface area contributed by atoms with Gasteiger partial charge in [0.25, 0.3) is 5.91 Å². The molecule has 0 aliphatic carbocycles. The molecule has 5 atom stereocenters. The molecule has 56 heavy (non-hydrogen) atoms. The third-order valence-corrected chi connectivity index (χ3v) is 9.71. The molecule has 0 fully saturated rings. The van der Waals surface area contributed by atoms with E-state index in [4.69, 9.17) is 17.2 Å². The Morgan fingerprint density at radius 3 is 2.11 bits per heavy atom. The SMILES string of the molecule is C[C@H](N)C(=O)N[C@H](Cc1c[nH]c2ccccc12)C(=O)N[C@@H](C)C(=O)NN(Cc1ccc(F)cc1)SN[C@H](Cc1ccccc1)C(=O)N[C@@H](CCCCN)C(N)=O. The second-order valence-electron chi connectivity index (χ2n) is 13.5. The van der Waals surface area contributed by atoms with E-state index in [1.165, 1.54) is 30.4 Å². The Morgan fingerprint density at radius 1 is 0.768 bits per heavy atom. The van der Waals surface area contributed by atoms with Crippen LogP contribution in [0.1, 0.15) is 49.8 Å². The Morgan fingerprint density at radius 2 is 1.43 bits per heavy atom. The number of primary amides is 1. The van der Waals surface area contributed by atoms with Crippen LogP contribution in [0.5, 0.6) is 0 Å². The zero-order chi connectivity index (χ0) is 40.6. The van der Waals surface area contributed by atoms with Gasteiger partial charge in [0.2, 0.25) is 23.6 Å². The minimum absolute atomic E-state index is 0.0423. The molecule has 15 nitrogen and oxygen atoms in total. The highest BCUT2D eigenvalue weighted by molar-refractivity contribution is 7.95. The maximum absolute atomic E-state index is 13.8. The largest absolute Gasteiger partial charge is 0.368 e. The molecule has 0 saturated carbocycles. The Labute approximate surface area is 329 Å². The number of benzene rings is 3. The molecule has 4 aromatic rings. The van der Waals surface area contributed by atoms with E-state index >= 15 is 0 Å². The van der Waals surface area contributed by atoms with E-state index in [0.717, 1.165) is 34.2 Å². The van der Waals surface area contributed by atoms with Crippen molar-refractivity contribution in [1.82, 2.24) is 35.5 Å². The number of hydrogen-bond donors (Lipinski definition) is 9. The number of aromatic nitrogens is 1. The lowest BCUT2D eigenvalue weighted by molar-refractivity contribution is -0.133. The van der Waals surface area contributed by atoms with Gasteiger partial charge in [-0.15, -0.1) is 4.41 Å². The number of H-pyrrole nitrogens is 1. The van der Waals surface area contributed by atoms with Gasteiger partial charge >= 0.3 is 0 Å². The van der Waals surface area contributed by atoms with E-state index in [9.17, 15) is 28.4 Å². The van der Waals surface area contributed by atoms with Crippen LogP contribution < -0.4 is 43.3 Å². The number of hydrogen-bond acceptors (Lipinski definition) is 10. The summed E-state index contributed by atoms with van der Waals surface area (Å²) in [5, 5.41) is 9.01. The van der Waals surface area contributed by atoms with Crippen molar-refractivity contribution in [3.63, 3.8) is 0 Å². The molecule has 0 spiro atoms. The fourth-order valence-electron chi connectivity index (χ4n) is 5.70. The Hall–Kier alpha value is -5.33. The highest BCUT2D eigenvalue weighted by atomic mass is 32.2. The normalized spacial score (nSPS) is 14.0.